The molecule has 1 N–H and O–H groups in total. The van der Waals surface area contributed by atoms with Crippen LogP contribution in [0.5, 0.6) is 0 Å². The number of hydrogen-bond donors (Lipinski definition) is 1. The zero-order chi connectivity index (χ0) is 13.0. The lowest BCUT2D eigenvalue weighted by Gasteiger charge is -2.07. The molecule has 0 bridgehead atoms. The molecular weight excluding hydrogens is 244 g/mol. The van der Waals surface area contributed by atoms with Gasteiger partial charge in [0.25, 0.3) is 0 Å². The molecule has 2 rings (SSSR count). The van der Waals surface area contributed by atoms with Gasteiger partial charge < -0.3 is 5.11 Å². The number of carboxylic acids is 1. The molecule has 2 aromatic carbocycles. The Morgan fingerprint density at radius 3 is 2.11 bits per heavy atom. The maximum absolute atomic E-state index is 11.1. The molecule has 0 saturated carbocycles. The highest BCUT2D eigenvalue weighted by atomic mass is 32.1. The average Bonchev–Trinajstić information content (AvgIpc) is 2.40. The monoisotopic (exact) mass is 256 g/mol. The highest BCUT2D eigenvalue weighted by molar-refractivity contribution is 7.80. The molecule has 0 radical (unpaired) electrons. The van der Waals surface area contributed by atoms with Gasteiger partial charge in [-0.25, -0.2) is 4.79 Å². The Hall–Kier alpha value is -2.00. The molecule has 0 spiro atoms. The van der Waals surface area contributed by atoms with Crippen molar-refractivity contribution in [2.75, 3.05) is 0 Å². The largest absolute Gasteiger partial charge is 0.478 e. The molecule has 0 aliphatic heterocycles. The molecule has 0 unspecified atom stereocenters. The Labute approximate surface area is 111 Å². The zero-order valence-corrected chi connectivity index (χ0v) is 10.5. The molecule has 0 aliphatic carbocycles. The number of rotatable bonds is 4. The number of carbonyl (C=O) groups is 1. The Morgan fingerprint density at radius 2 is 1.50 bits per heavy atom. The van der Waals surface area contributed by atoms with Crippen molar-refractivity contribution in [2.45, 2.75) is 6.42 Å². The molecule has 0 atom stereocenters. The Balaban J connectivity index is 2.27. The van der Waals surface area contributed by atoms with E-state index >= 15 is 0 Å². The van der Waals surface area contributed by atoms with Crippen molar-refractivity contribution in [1.82, 2.24) is 0 Å². The maximum Gasteiger partial charge on any atom is 0.336 e. The van der Waals surface area contributed by atoms with Crippen LogP contribution in [0.2, 0.25) is 0 Å². The van der Waals surface area contributed by atoms with Gasteiger partial charge in [0.2, 0.25) is 0 Å². The summed E-state index contributed by atoms with van der Waals surface area (Å²) in [6.07, 6.45) is 0.584. The molecule has 0 aliphatic rings. The first-order chi connectivity index (χ1) is 8.68. The fourth-order valence-corrected chi connectivity index (χ4v) is 2.13. The first-order valence-electron chi connectivity index (χ1n) is 5.58. The van der Waals surface area contributed by atoms with E-state index < -0.39 is 5.97 Å². The van der Waals surface area contributed by atoms with Crippen molar-refractivity contribution >= 4 is 23.1 Å². The summed E-state index contributed by atoms with van der Waals surface area (Å²) in [5.74, 6) is -0.944. The van der Waals surface area contributed by atoms with Crippen molar-refractivity contribution in [3.8, 4) is 0 Å². The van der Waals surface area contributed by atoms with Gasteiger partial charge in [0, 0.05) is 16.8 Å². The summed E-state index contributed by atoms with van der Waals surface area (Å²) in [4.78, 5) is 11.8. The van der Waals surface area contributed by atoms with Gasteiger partial charge in [-0.3, -0.25) is 0 Å². The zero-order valence-electron chi connectivity index (χ0n) is 9.67. The van der Waals surface area contributed by atoms with E-state index in [9.17, 15) is 4.79 Å². The number of hydrogen-bond acceptors (Lipinski definition) is 2. The van der Waals surface area contributed by atoms with Gasteiger partial charge in [-0.15, -0.1) is 0 Å². The lowest BCUT2D eigenvalue weighted by Crippen LogP contribution is -2.09. The van der Waals surface area contributed by atoms with Crippen LogP contribution in [0.1, 0.15) is 21.5 Å². The Bertz CT molecular complexity index is 576. The predicted molar refractivity (Wildman–Crippen MR) is 75.2 cm³/mol. The molecule has 0 heterocycles. The molecule has 2 aromatic rings. The second-order valence-corrected chi connectivity index (χ2v) is 4.43. The lowest BCUT2D eigenvalue weighted by atomic mass is 9.99. The van der Waals surface area contributed by atoms with Crippen molar-refractivity contribution in [2.24, 2.45) is 0 Å². The van der Waals surface area contributed by atoms with E-state index in [1.807, 2.05) is 30.3 Å². The van der Waals surface area contributed by atoms with Crippen LogP contribution >= 0.6 is 12.2 Å². The summed E-state index contributed by atoms with van der Waals surface area (Å²) in [6.45, 7) is 0. The number of aromatic carboxylic acids is 1. The normalized spacial score (nSPS) is 10.0. The van der Waals surface area contributed by atoms with Crippen LogP contribution in [-0.2, 0) is 6.42 Å². The highest BCUT2D eigenvalue weighted by Gasteiger charge is 2.12. The van der Waals surface area contributed by atoms with Gasteiger partial charge in [0.05, 0.1) is 5.56 Å². The molecule has 3 heteroatoms. The summed E-state index contributed by atoms with van der Waals surface area (Å²) >= 11 is 5.35. The molecule has 0 saturated heterocycles. The standard InChI is InChI=1S/C15H12O2S/c16-15(17)13-9-5-4-8-12(13)14(18)10-11-6-2-1-3-7-11/h1-9H,10H2,(H,16,17). The molecule has 0 fully saturated rings. The summed E-state index contributed by atoms with van der Waals surface area (Å²) < 4.78 is 0. The smallest absolute Gasteiger partial charge is 0.336 e. The highest BCUT2D eigenvalue weighted by Crippen LogP contribution is 2.14. The van der Waals surface area contributed by atoms with Gasteiger partial charge in [0.15, 0.2) is 0 Å². The van der Waals surface area contributed by atoms with Crippen molar-refractivity contribution in [3.05, 3.63) is 71.3 Å². The van der Waals surface area contributed by atoms with Crippen LogP contribution in [-0.4, -0.2) is 15.9 Å². The summed E-state index contributed by atoms with van der Waals surface area (Å²) in [5.41, 5.74) is 1.98. The molecule has 90 valence electrons. The minimum Gasteiger partial charge on any atom is -0.478 e. The van der Waals surface area contributed by atoms with E-state index in [-0.39, 0.29) is 5.56 Å². The van der Waals surface area contributed by atoms with Gasteiger partial charge in [-0.1, -0.05) is 60.7 Å². The van der Waals surface area contributed by atoms with Crippen molar-refractivity contribution in [3.63, 3.8) is 0 Å². The van der Waals surface area contributed by atoms with E-state index in [1.165, 1.54) is 0 Å². The van der Waals surface area contributed by atoms with Gasteiger partial charge in [-0.2, -0.15) is 0 Å². The Morgan fingerprint density at radius 1 is 0.944 bits per heavy atom. The van der Waals surface area contributed by atoms with Crippen LogP contribution in [0, 0.1) is 0 Å². The second-order valence-electron chi connectivity index (χ2n) is 3.94. The van der Waals surface area contributed by atoms with Crippen LogP contribution in [0.3, 0.4) is 0 Å². The number of carboxylic acid groups (broad SMARTS) is 1. The summed E-state index contributed by atoms with van der Waals surface area (Å²) in [5, 5.41) is 9.12. The van der Waals surface area contributed by atoms with E-state index in [1.54, 1.807) is 24.3 Å². The number of thiocarbonyl (C=S) groups is 1. The fraction of sp³-hybridized carbons (Fsp3) is 0.0667. The summed E-state index contributed by atoms with van der Waals surface area (Å²) in [7, 11) is 0. The van der Waals surface area contributed by atoms with E-state index in [0.29, 0.717) is 16.8 Å². The molecule has 0 aromatic heterocycles. The van der Waals surface area contributed by atoms with Crippen LogP contribution in [0.25, 0.3) is 0 Å². The third kappa shape index (κ3) is 2.81. The van der Waals surface area contributed by atoms with E-state index in [4.69, 9.17) is 17.3 Å². The van der Waals surface area contributed by atoms with Crippen LogP contribution < -0.4 is 0 Å². The third-order valence-corrected chi connectivity index (χ3v) is 3.03. The Kier molecular flexibility index (Phi) is 3.85. The lowest BCUT2D eigenvalue weighted by molar-refractivity contribution is 0.0696. The minimum absolute atomic E-state index is 0.262. The average molecular weight is 256 g/mol. The van der Waals surface area contributed by atoms with E-state index in [2.05, 4.69) is 0 Å². The first kappa shape index (κ1) is 12.5. The molecule has 2 nitrogen and oxygen atoms in total. The fourth-order valence-electron chi connectivity index (χ4n) is 1.79. The summed E-state index contributed by atoms with van der Waals surface area (Å²) in [6, 6.07) is 16.6. The van der Waals surface area contributed by atoms with Crippen molar-refractivity contribution in [1.29, 1.82) is 0 Å². The SMILES string of the molecule is O=C(O)c1ccccc1C(=S)Cc1ccccc1. The molecular formula is C15H12O2S. The van der Waals surface area contributed by atoms with E-state index in [0.717, 1.165) is 5.56 Å². The van der Waals surface area contributed by atoms with Crippen molar-refractivity contribution < 1.29 is 9.90 Å². The van der Waals surface area contributed by atoms with Gasteiger partial charge in [-0.05, 0) is 11.6 Å². The van der Waals surface area contributed by atoms with Gasteiger partial charge >= 0.3 is 5.97 Å². The van der Waals surface area contributed by atoms with Crippen LogP contribution in [0.15, 0.2) is 54.6 Å². The molecule has 18 heavy (non-hydrogen) atoms. The predicted octanol–water partition coefficient (Wildman–Crippen LogP) is 3.35. The second kappa shape index (κ2) is 5.56. The quantitative estimate of drug-likeness (QED) is 0.673. The van der Waals surface area contributed by atoms with Crippen LogP contribution in [0.4, 0.5) is 0 Å². The topological polar surface area (TPSA) is 37.3 Å². The maximum atomic E-state index is 11.1. The third-order valence-electron chi connectivity index (χ3n) is 2.67. The number of benzene rings is 2. The van der Waals surface area contributed by atoms with Gasteiger partial charge in [0.1, 0.15) is 0 Å². The molecule has 0 amide bonds. The first-order valence-corrected chi connectivity index (χ1v) is 5.99. The minimum atomic E-state index is -0.944.